The number of ketones is 1. The maximum Gasteiger partial charge on any atom is 0.189 e. The van der Waals surface area contributed by atoms with E-state index in [0.29, 0.717) is 23.5 Å². The smallest absolute Gasteiger partial charge is 0.189 e. The molecule has 0 amide bonds. The van der Waals surface area contributed by atoms with Crippen molar-refractivity contribution in [3.63, 3.8) is 0 Å². The minimum atomic E-state index is 0.0409. The zero-order valence-corrected chi connectivity index (χ0v) is 13.1. The molecule has 0 saturated carbocycles. The monoisotopic (exact) mass is 298 g/mol. The quantitative estimate of drug-likeness (QED) is 0.817. The largest absolute Gasteiger partial charge is 0.493 e. The van der Waals surface area contributed by atoms with Gasteiger partial charge in [-0.25, -0.2) is 0 Å². The zero-order chi connectivity index (χ0) is 15.9. The van der Waals surface area contributed by atoms with Gasteiger partial charge in [-0.05, 0) is 30.7 Å². The third-order valence-corrected chi connectivity index (χ3v) is 4.13. The van der Waals surface area contributed by atoms with Crippen molar-refractivity contribution in [3.05, 3.63) is 46.3 Å². The minimum absolute atomic E-state index is 0.0409. The van der Waals surface area contributed by atoms with Crippen LogP contribution < -0.4 is 9.47 Å². The minimum Gasteiger partial charge on any atom is -0.493 e. The molecule has 0 atom stereocenters. The molecule has 1 heterocycles. The number of Topliss-reactive ketones (excluding diaryl/α,β-unsaturated/α-hetero) is 1. The van der Waals surface area contributed by atoms with E-state index in [0.717, 1.165) is 22.4 Å². The lowest BCUT2D eigenvalue weighted by Crippen LogP contribution is -1.98. The molecule has 1 aromatic carbocycles. The van der Waals surface area contributed by atoms with Gasteiger partial charge in [0, 0.05) is 35.9 Å². The van der Waals surface area contributed by atoms with E-state index < -0.39 is 0 Å². The molecule has 5 heteroatoms. The number of carbonyl (C=O) groups excluding carboxylic acids is 1. The number of hydrogen-bond acceptors (Lipinski definition) is 4. The van der Waals surface area contributed by atoms with E-state index in [1.807, 2.05) is 26.1 Å². The number of carbonyl (C=O) groups is 1. The van der Waals surface area contributed by atoms with E-state index in [4.69, 9.17) is 9.47 Å². The number of allylic oxidation sites excluding steroid dienone is 1. The van der Waals surface area contributed by atoms with Gasteiger partial charge in [-0.15, -0.1) is 0 Å². The highest BCUT2D eigenvalue weighted by atomic mass is 16.5. The van der Waals surface area contributed by atoms with Gasteiger partial charge in [0.05, 0.1) is 20.4 Å². The molecule has 0 unspecified atom stereocenters. The Morgan fingerprint density at radius 2 is 1.91 bits per heavy atom. The molecule has 5 nitrogen and oxygen atoms in total. The summed E-state index contributed by atoms with van der Waals surface area (Å²) in [7, 11) is 5.05. The lowest BCUT2D eigenvalue weighted by Gasteiger charge is -2.08. The predicted molar refractivity (Wildman–Crippen MR) is 83.5 cm³/mol. The van der Waals surface area contributed by atoms with Gasteiger partial charge in [-0.2, -0.15) is 5.10 Å². The number of methoxy groups -OCH3 is 2. The maximum absolute atomic E-state index is 12.6. The Morgan fingerprint density at radius 3 is 2.50 bits per heavy atom. The Bertz CT molecular complexity index is 787. The van der Waals surface area contributed by atoms with Gasteiger partial charge >= 0.3 is 0 Å². The molecule has 22 heavy (non-hydrogen) atoms. The molecule has 0 fully saturated rings. The molecule has 0 N–H and O–H groups in total. The molecule has 0 spiro atoms. The van der Waals surface area contributed by atoms with Crippen LogP contribution in [-0.4, -0.2) is 29.8 Å². The third-order valence-electron chi connectivity index (χ3n) is 4.13. The van der Waals surface area contributed by atoms with Gasteiger partial charge in [0.15, 0.2) is 17.3 Å². The average Bonchev–Trinajstić information content (AvgIpc) is 3.00. The average molecular weight is 298 g/mol. The topological polar surface area (TPSA) is 53.4 Å². The molecular formula is C17H18N2O3. The number of hydrogen-bond donors (Lipinski definition) is 0. The van der Waals surface area contributed by atoms with Crippen molar-refractivity contribution in [2.24, 2.45) is 7.05 Å². The van der Waals surface area contributed by atoms with Gasteiger partial charge < -0.3 is 9.47 Å². The summed E-state index contributed by atoms with van der Waals surface area (Å²) in [4.78, 5) is 12.6. The van der Waals surface area contributed by atoms with E-state index >= 15 is 0 Å². The van der Waals surface area contributed by atoms with Gasteiger partial charge in [-0.3, -0.25) is 9.48 Å². The van der Waals surface area contributed by atoms with Crippen molar-refractivity contribution in [3.8, 4) is 11.5 Å². The van der Waals surface area contributed by atoms with Crippen molar-refractivity contribution in [1.82, 2.24) is 9.78 Å². The van der Waals surface area contributed by atoms with E-state index in [2.05, 4.69) is 5.10 Å². The summed E-state index contributed by atoms with van der Waals surface area (Å²) >= 11 is 0. The number of aryl methyl sites for hydroxylation is 1. The van der Waals surface area contributed by atoms with Crippen LogP contribution in [0.4, 0.5) is 0 Å². The Kier molecular flexibility index (Phi) is 3.48. The Hall–Kier alpha value is -2.56. The molecule has 3 rings (SSSR count). The summed E-state index contributed by atoms with van der Waals surface area (Å²) in [5.74, 6) is 1.26. The highest BCUT2D eigenvalue weighted by Gasteiger charge is 2.27. The van der Waals surface area contributed by atoms with Crippen LogP contribution in [0.25, 0.3) is 6.08 Å². The second kappa shape index (κ2) is 5.33. The van der Waals surface area contributed by atoms with Gasteiger partial charge in [-0.1, -0.05) is 0 Å². The SMILES string of the molecule is COc1cc2c(cc1OC)C(=O)C(=Cc1cnn(C)c1C)C2. The predicted octanol–water partition coefficient (Wildman–Crippen LogP) is 2.57. The van der Waals surface area contributed by atoms with E-state index in [1.54, 1.807) is 31.2 Å². The normalized spacial score (nSPS) is 15.3. The lowest BCUT2D eigenvalue weighted by molar-refractivity contribution is 0.104. The van der Waals surface area contributed by atoms with Crippen LogP contribution in [0.1, 0.15) is 27.2 Å². The van der Waals surface area contributed by atoms with Crippen molar-refractivity contribution >= 4 is 11.9 Å². The van der Waals surface area contributed by atoms with Crippen molar-refractivity contribution in [2.45, 2.75) is 13.3 Å². The summed E-state index contributed by atoms with van der Waals surface area (Å²) in [6.07, 6.45) is 4.30. The molecule has 0 aliphatic heterocycles. The maximum atomic E-state index is 12.6. The van der Waals surface area contributed by atoms with Crippen LogP contribution in [0.5, 0.6) is 11.5 Å². The molecule has 0 bridgehead atoms. The number of fused-ring (bicyclic) bond motifs is 1. The summed E-state index contributed by atoms with van der Waals surface area (Å²) in [6.45, 7) is 1.98. The van der Waals surface area contributed by atoms with Gasteiger partial charge in [0.25, 0.3) is 0 Å². The Labute approximate surface area is 129 Å². The number of nitrogens with zero attached hydrogens (tertiary/aromatic N) is 2. The van der Waals surface area contributed by atoms with E-state index in [1.165, 1.54) is 0 Å². The fourth-order valence-electron chi connectivity index (χ4n) is 2.70. The Balaban J connectivity index is 2.02. The first-order valence-electron chi connectivity index (χ1n) is 7.04. The first-order valence-corrected chi connectivity index (χ1v) is 7.04. The Morgan fingerprint density at radius 1 is 1.23 bits per heavy atom. The molecule has 114 valence electrons. The van der Waals surface area contributed by atoms with Crippen LogP contribution in [-0.2, 0) is 13.5 Å². The van der Waals surface area contributed by atoms with E-state index in [-0.39, 0.29) is 5.78 Å². The molecule has 1 aliphatic carbocycles. The summed E-state index contributed by atoms with van der Waals surface area (Å²) in [5, 5.41) is 4.21. The highest BCUT2D eigenvalue weighted by Crippen LogP contribution is 2.37. The summed E-state index contributed by atoms with van der Waals surface area (Å²) in [6, 6.07) is 3.64. The molecular weight excluding hydrogens is 280 g/mol. The van der Waals surface area contributed by atoms with Crippen LogP contribution >= 0.6 is 0 Å². The summed E-state index contributed by atoms with van der Waals surface area (Å²) < 4.78 is 12.4. The van der Waals surface area contributed by atoms with Gasteiger partial charge in [0.1, 0.15) is 0 Å². The number of ether oxygens (including phenoxy) is 2. The van der Waals surface area contributed by atoms with Crippen LogP contribution in [0.15, 0.2) is 23.9 Å². The second-order valence-corrected chi connectivity index (χ2v) is 5.35. The number of aromatic nitrogens is 2. The zero-order valence-electron chi connectivity index (χ0n) is 13.1. The molecule has 1 aliphatic rings. The molecule has 2 aromatic rings. The van der Waals surface area contributed by atoms with Crippen molar-refractivity contribution in [1.29, 1.82) is 0 Å². The van der Waals surface area contributed by atoms with Gasteiger partial charge in [0.2, 0.25) is 0 Å². The fraction of sp³-hybridized carbons (Fsp3) is 0.294. The van der Waals surface area contributed by atoms with Crippen LogP contribution in [0, 0.1) is 6.92 Å². The fourth-order valence-corrected chi connectivity index (χ4v) is 2.70. The van der Waals surface area contributed by atoms with E-state index in [9.17, 15) is 4.79 Å². The molecule has 1 aromatic heterocycles. The third kappa shape index (κ3) is 2.19. The second-order valence-electron chi connectivity index (χ2n) is 5.35. The highest BCUT2D eigenvalue weighted by molar-refractivity contribution is 6.16. The van der Waals surface area contributed by atoms with Crippen LogP contribution in [0.3, 0.4) is 0 Å². The molecule has 0 radical (unpaired) electrons. The molecule has 0 saturated heterocycles. The number of rotatable bonds is 3. The standard InChI is InChI=1S/C17H18N2O3/c1-10-13(9-18-19(10)2)6-12-5-11-7-15(21-3)16(22-4)8-14(11)17(12)20/h6-9H,5H2,1-4H3. The summed E-state index contributed by atoms with van der Waals surface area (Å²) in [5.41, 5.74) is 4.42. The van der Waals surface area contributed by atoms with Crippen molar-refractivity contribution in [2.75, 3.05) is 14.2 Å². The first kappa shape index (κ1) is 14.4. The first-order chi connectivity index (χ1) is 10.5. The lowest BCUT2D eigenvalue weighted by atomic mass is 10.1. The van der Waals surface area contributed by atoms with Crippen molar-refractivity contribution < 1.29 is 14.3 Å². The van der Waals surface area contributed by atoms with Crippen LogP contribution in [0.2, 0.25) is 0 Å². The number of benzene rings is 1.